The van der Waals surface area contributed by atoms with Gasteiger partial charge >= 0.3 is 0 Å². The van der Waals surface area contributed by atoms with E-state index < -0.39 is 0 Å². The van der Waals surface area contributed by atoms with Gasteiger partial charge < -0.3 is 10.2 Å². The summed E-state index contributed by atoms with van der Waals surface area (Å²) in [6.45, 7) is 6.73. The molecule has 28 heavy (non-hydrogen) atoms. The second kappa shape index (κ2) is 6.24. The second-order valence-electron chi connectivity index (χ2n) is 9.59. The number of nitrogens with one attached hydrogen (secondary N) is 1. The monoisotopic (exact) mass is 375 g/mol. The van der Waals surface area contributed by atoms with Crippen LogP contribution in [0, 0.1) is 12.3 Å². The van der Waals surface area contributed by atoms with Crippen molar-refractivity contribution >= 4 is 22.4 Å². The molecule has 4 aliphatic rings. The lowest BCUT2D eigenvalue weighted by molar-refractivity contribution is 0.120. The van der Waals surface area contributed by atoms with Gasteiger partial charge in [-0.3, -0.25) is 4.99 Å². The average molecular weight is 376 g/mol. The van der Waals surface area contributed by atoms with Gasteiger partial charge in [0.25, 0.3) is 0 Å². The number of fused-ring (bicyclic) bond motifs is 1. The molecule has 2 saturated heterocycles. The maximum absolute atomic E-state index is 5.16. The summed E-state index contributed by atoms with van der Waals surface area (Å²) in [4.78, 5) is 17.6. The minimum atomic E-state index is 0.475. The van der Waals surface area contributed by atoms with Crippen LogP contribution in [0.3, 0.4) is 0 Å². The topological polar surface area (TPSA) is 53.4 Å². The smallest absolute Gasteiger partial charge is 0.140 e. The van der Waals surface area contributed by atoms with Crippen LogP contribution in [0.4, 0.5) is 5.82 Å². The molecule has 0 unspecified atom stereocenters. The molecule has 1 N–H and O–H groups in total. The Kier molecular flexibility index (Phi) is 3.77. The van der Waals surface area contributed by atoms with Crippen molar-refractivity contribution in [2.24, 2.45) is 10.4 Å². The second-order valence-corrected chi connectivity index (χ2v) is 9.59. The van der Waals surface area contributed by atoms with Crippen LogP contribution in [0.2, 0.25) is 0 Å². The Balaban J connectivity index is 1.30. The van der Waals surface area contributed by atoms with Crippen LogP contribution in [0.5, 0.6) is 0 Å². The number of aromatic nitrogens is 2. The van der Waals surface area contributed by atoms with Gasteiger partial charge in [-0.2, -0.15) is 0 Å². The first-order valence-electron chi connectivity index (χ1n) is 11.0. The van der Waals surface area contributed by atoms with Gasteiger partial charge in [0.1, 0.15) is 11.6 Å². The van der Waals surface area contributed by atoms with Crippen LogP contribution in [-0.2, 0) is 0 Å². The first kappa shape index (κ1) is 16.9. The molecule has 1 aromatic carbocycles. The highest BCUT2D eigenvalue weighted by Crippen LogP contribution is 2.40. The van der Waals surface area contributed by atoms with Crippen LogP contribution in [-0.4, -0.2) is 47.9 Å². The molecule has 0 bridgehead atoms. The van der Waals surface area contributed by atoms with E-state index in [-0.39, 0.29) is 0 Å². The fraction of sp³-hybridized carbons (Fsp3) is 0.609. The number of nitrogens with zero attached hydrogens (tertiary/aromatic N) is 4. The highest BCUT2D eigenvalue weighted by atomic mass is 15.3. The fourth-order valence-electron chi connectivity index (χ4n) is 5.08. The molecule has 146 valence electrons. The van der Waals surface area contributed by atoms with Crippen molar-refractivity contribution in [3.63, 3.8) is 0 Å². The Labute approximate surface area is 166 Å². The third-order valence-electron chi connectivity index (χ3n) is 7.04. The summed E-state index contributed by atoms with van der Waals surface area (Å²) < 4.78 is 0. The molecule has 1 spiro atoms. The Morgan fingerprint density at radius 2 is 1.86 bits per heavy atom. The van der Waals surface area contributed by atoms with Gasteiger partial charge in [0, 0.05) is 48.6 Å². The Morgan fingerprint density at radius 3 is 2.54 bits per heavy atom. The third kappa shape index (κ3) is 2.91. The number of hydrogen-bond acceptors (Lipinski definition) is 5. The predicted octanol–water partition coefficient (Wildman–Crippen LogP) is 3.61. The van der Waals surface area contributed by atoms with Crippen molar-refractivity contribution in [2.45, 2.75) is 57.4 Å². The van der Waals surface area contributed by atoms with E-state index >= 15 is 0 Å². The van der Waals surface area contributed by atoms with Crippen molar-refractivity contribution in [2.75, 3.05) is 31.1 Å². The van der Waals surface area contributed by atoms with Crippen molar-refractivity contribution in [3.05, 3.63) is 29.6 Å². The number of aliphatic imine (C=N–C) groups is 1. The molecule has 5 nitrogen and oxygen atoms in total. The van der Waals surface area contributed by atoms with Crippen molar-refractivity contribution in [3.8, 4) is 0 Å². The summed E-state index contributed by atoms with van der Waals surface area (Å²) in [7, 11) is 0. The van der Waals surface area contributed by atoms with Crippen LogP contribution in [0.25, 0.3) is 10.9 Å². The first-order chi connectivity index (χ1) is 13.7. The minimum absolute atomic E-state index is 0.475. The largest absolute Gasteiger partial charge is 0.355 e. The first-order valence-corrected chi connectivity index (χ1v) is 11.0. The number of hydrogen-bond donors (Lipinski definition) is 1. The molecule has 6 rings (SSSR count). The molecule has 2 aliphatic carbocycles. The lowest BCUT2D eigenvalue weighted by atomic mass is 9.74. The Morgan fingerprint density at radius 1 is 1.07 bits per heavy atom. The van der Waals surface area contributed by atoms with Crippen LogP contribution in [0.15, 0.2) is 23.2 Å². The summed E-state index contributed by atoms with van der Waals surface area (Å²) in [6.07, 6.45) is 7.16. The number of benzene rings is 1. The average Bonchev–Trinajstić information content (AvgIpc) is 3.44. The maximum Gasteiger partial charge on any atom is 0.140 e. The quantitative estimate of drug-likeness (QED) is 0.890. The van der Waals surface area contributed by atoms with Gasteiger partial charge in [0.05, 0.1) is 11.6 Å². The zero-order valence-corrected chi connectivity index (χ0v) is 16.7. The maximum atomic E-state index is 5.16. The van der Waals surface area contributed by atoms with Gasteiger partial charge in [0.2, 0.25) is 0 Å². The van der Waals surface area contributed by atoms with Gasteiger partial charge in [0.15, 0.2) is 0 Å². The molecule has 4 fully saturated rings. The Bertz CT molecular complexity index is 939. The van der Waals surface area contributed by atoms with E-state index in [0.717, 1.165) is 63.2 Å². The minimum Gasteiger partial charge on any atom is -0.355 e. The van der Waals surface area contributed by atoms with Crippen LogP contribution in [0.1, 0.15) is 55.8 Å². The summed E-state index contributed by atoms with van der Waals surface area (Å²) >= 11 is 0. The SMILES string of the molecule is Cc1ccc2nc(C3CCC(=NC4CC4)CC3)nc(N3CC4(CNC4)C3)c2c1. The van der Waals surface area contributed by atoms with Crippen molar-refractivity contribution in [1.29, 1.82) is 0 Å². The molecule has 0 atom stereocenters. The predicted molar refractivity (Wildman–Crippen MR) is 113 cm³/mol. The molecule has 3 heterocycles. The molecule has 0 radical (unpaired) electrons. The zero-order valence-electron chi connectivity index (χ0n) is 16.7. The molecule has 0 amide bonds. The van der Waals surface area contributed by atoms with E-state index in [1.54, 1.807) is 0 Å². The summed E-state index contributed by atoms with van der Waals surface area (Å²) in [5.41, 5.74) is 4.33. The van der Waals surface area contributed by atoms with Gasteiger partial charge in [-0.1, -0.05) is 11.6 Å². The van der Waals surface area contributed by atoms with E-state index in [1.807, 2.05) is 0 Å². The highest BCUT2D eigenvalue weighted by Gasteiger charge is 2.48. The standard InChI is InChI=1S/C23H29N5/c1-15-2-9-20-19(10-15)22(28-13-23(14-28)11-24-12-23)27-21(26-20)16-3-5-17(6-4-16)25-18-7-8-18/h2,9-10,16,18,24H,3-8,11-14H2,1H3. The molecule has 2 saturated carbocycles. The van der Waals surface area contributed by atoms with E-state index in [4.69, 9.17) is 15.0 Å². The summed E-state index contributed by atoms with van der Waals surface area (Å²) in [5.74, 6) is 2.70. The number of aryl methyl sites for hydroxylation is 1. The van der Waals surface area contributed by atoms with Crippen molar-refractivity contribution < 1.29 is 0 Å². The van der Waals surface area contributed by atoms with E-state index in [0.29, 0.717) is 17.4 Å². The molecular formula is C23H29N5. The number of anilines is 1. The molecule has 2 aliphatic heterocycles. The van der Waals surface area contributed by atoms with E-state index in [1.165, 1.54) is 35.3 Å². The highest BCUT2D eigenvalue weighted by molar-refractivity contribution is 5.91. The van der Waals surface area contributed by atoms with Crippen LogP contribution < -0.4 is 10.2 Å². The zero-order chi connectivity index (χ0) is 18.7. The lowest BCUT2D eigenvalue weighted by Crippen LogP contribution is -2.71. The van der Waals surface area contributed by atoms with Crippen molar-refractivity contribution in [1.82, 2.24) is 15.3 Å². The molecule has 2 aromatic rings. The number of rotatable bonds is 3. The fourth-order valence-corrected chi connectivity index (χ4v) is 5.08. The van der Waals surface area contributed by atoms with Gasteiger partial charge in [-0.15, -0.1) is 0 Å². The van der Waals surface area contributed by atoms with Gasteiger partial charge in [-0.05, 0) is 57.6 Å². The third-order valence-corrected chi connectivity index (χ3v) is 7.04. The molecule has 1 aromatic heterocycles. The summed E-state index contributed by atoms with van der Waals surface area (Å²) in [6, 6.07) is 7.28. The van der Waals surface area contributed by atoms with E-state index in [9.17, 15) is 0 Å². The Hall–Kier alpha value is -2.01. The molecular weight excluding hydrogens is 346 g/mol. The lowest BCUT2D eigenvalue weighted by Gasteiger charge is -2.56. The summed E-state index contributed by atoms with van der Waals surface area (Å²) in [5, 5.41) is 4.66. The van der Waals surface area contributed by atoms with Gasteiger partial charge in [-0.25, -0.2) is 9.97 Å². The molecule has 5 heteroatoms. The normalized spacial score (nSPS) is 26.2. The van der Waals surface area contributed by atoms with E-state index in [2.05, 4.69) is 35.3 Å². The van der Waals surface area contributed by atoms with Crippen LogP contribution >= 0.6 is 0 Å².